The molecule has 2 unspecified atom stereocenters. The zero-order chi connectivity index (χ0) is 21.9. The lowest BCUT2D eigenvalue weighted by molar-refractivity contribution is -0.130. The lowest BCUT2D eigenvalue weighted by Gasteiger charge is -2.29. The summed E-state index contributed by atoms with van der Waals surface area (Å²) in [5.41, 5.74) is 11.0. The summed E-state index contributed by atoms with van der Waals surface area (Å²) in [7, 11) is 0. The highest BCUT2D eigenvalue weighted by Gasteiger charge is 2.27. The first-order valence-electron chi connectivity index (χ1n) is 11.3. The molecule has 0 heterocycles. The number of carbonyl (C=O) groups excluding carboxylic acids is 1. The molecule has 0 bridgehead atoms. The summed E-state index contributed by atoms with van der Waals surface area (Å²) in [4.78, 5) is 12.7. The highest BCUT2D eigenvalue weighted by atomic mass is 16.5. The van der Waals surface area contributed by atoms with Crippen LogP contribution in [0.15, 0.2) is 60.7 Å². The highest BCUT2D eigenvalue weighted by Crippen LogP contribution is 2.27. The standard InChI is InChI=1S/C25H35N3O3/c26-23(18-20-10-4-1-5-11-20)24(29)25(30)27-28(22-14-8-3-9-15-22)16-17-31-19-21-12-6-2-7-13-21/h2-3,6-9,12-15,20,23-24,29H,1,4-5,10-11,16-19,26H2,(H,27,30). The Hall–Kier alpha value is -2.41. The number of nitrogens with zero attached hydrogens (tertiary/aromatic N) is 1. The fraction of sp³-hybridized carbons (Fsp3) is 0.480. The number of aliphatic hydroxyl groups excluding tert-OH is 1. The number of rotatable bonds is 11. The van der Waals surface area contributed by atoms with Crippen LogP contribution in [0, 0.1) is 5.92 Å². The van der Waals surface area contributed by atoms with E-state index in [2.05, 4.69) is 5.43 Å². The molecule has 1 fully saturated rings. The maximum Gasteiger partial charge on any atom is 0.268 e. The average Bonchev–Trinajstić information content (AvgIpc) is 2.82. The first-order valence-corrected chi connectivity index (χ1v) is 11.3. The molecule has 0 aromatic heterocycles. The number of hydrazine groups is 1. The van der Waals surface area contributed by atoms with Crippen molar-refractivity contribution in [3.05, 3.63) is 66.2 Å². The molecule has 1 saturated carbocycles. The van der Waals surface area contributed by atoms with E-state index in [0.717, 1.165) is 24.1 Å². The maximum absolute atomic E-state index is 12.7. The number of carbonyl (C=O) groups is 1. The fourth-order valence-electron chi connectivity index (χ4n) is 4.11. The summed E-state index contributed by atoms with van der Waals surface area (Å²) in [5, 5.41) is 12.3. The maximum atomic E-state index is 12.7. The van der Waals surface area contributed by atoms with Crippen LogP contribution in [-0.4, -0.2) is 36.3 Å². The second-order valence-corrected chi connectivity index (χ2v) is 8.35. The van der Waals surface area contributed by atoms with Crippen LogP contribution in [0.4, 0.5) is 5.69 Å². The van der Waals surface area contributed by atoms with Gasteiger partial charge in [0.2, 0.25) is 0 Å². The van der Waals surface area contributed by atoms with Gasteiger partial charge in [-0.25, -0.2) is 0 Å². The zero-order valence-electron chi connectivity index (χ0n) is 18.2. The predicted octanol–water partition coefficient (Wildman–Crippen LogP) is 3.40. The molecule has 4 N–H and O–H groups in total. The molecule has 0 saturated heterocycles. The van der Waals surface area contributed by atoms with Gasteiger partial charge in [0.05, 0.1) is 25.4 Å². The Balaban J connectivity index is 1.52. The van der Waals surface area contributed by atoms with Crippen molar-refractivity contribution in [3.63, 3.8) is 0 Å². The molecular formula is C25H35N3O3. The van der Waals surface area contributed by atoms with Crippen LogP contribution in [0.2, 0.25) is 0 Å². The Bertz CT molecular complexity index is 766. The summed E-state index contributed by atoms with van der Waals surface area (Å²) in [6.45, 7) is 1.38. The largest absolute Gasteiger partial charge is 0.382 e. The first kappa shape index (κ1) is 23.3. The van der Waals surface area contributed by atoms with Crippen LogP contribution in [0.1, 0.15) is 44.1 Å². The van der Waals surface area contributed by atoms with E-state index in [-0.39, 0.29) is 0 Å². The SMILES string of the molecule is NC(CC1CCCCC1)C(O)C(=O)NN(CCOCc1ccccc1)c1ccccc1. The van der Waals surface area contributed by atoms with Gasteiger partial charge in [0.25, 0.3) is 5.91 Å². The molecule has 6 heteroatoms. The molecule has 6 nitrogen and oxygen atoms in total. The Morgan fingerprint density at radius 3 is 2.39 bits per heavy atom. The van der Waals surface area contributed by atoms with Gasteiger partial charge in [-0.05, 0) is 30.0 Å². The quantitative estimate of drug-likeness (QED) is 0.379. The topological polar surface area (TPSA) is 87.8 Å². The van der Waals surface area contributed by atoms with E-state index >= 15 is 0 Å². The van der Waals surface area contributed by atoms with E-state index in [9.17, 15) is 9.90 Å². The molecular weight excluding hydrogens is 390 g/mol. The number of para-hydroxylation sites is 1. The summed E-state index contributed by atoms with van der Waals surface area (Å²) in [5.74, 6) is 0.0260. The zero-order valence-corrected chi connectivity index (χ0v) is 18.2. The highest BCUT2D eigenvalue weighted by molar-refractivity contribution is 5.82. The Morgan fingerprint density at radius 2 is 1.71 bits per heavy atom. The van der Waals surface area contributed by atoms with E-state index in [0.29, 0.717) is 32.1 Å². The van der Waals surface area contributed by atoms with Gasteiger partial charge in [-0.1, -0.05) is 80.6 Å². The van der Waals surface area contributed by atoms with Gasteiger partial charge >= 0.3 is 0 Å². The number of hydrogen-bond acceptors (Lipinski definition) is 5. The fourth-order valence-corrected chi connectivity index (χ4v) is 4.11. The summed E-state index contributed by atoms with van der Waals surface area (Å²) >= 11 is 0. The van der Waals surface area contributed by atoms with Crippen molar-refractivity contribution in [2.75, 3.05) is 18.2 Å². The molecule has 0 radical (unpaired) electrons. The van der Waals surface area contributed by atoms with Crippen LogP contribution in [0.25, 0.3) is 0 Å². The lowest BCUT2D eigenvalue weighted by Crippen LogP contribution is -2.53. The van der Waals surface area contributed by atoms with Gasteiger partial charge in [-0.2, -0.15) is 0 Å². The summed E-state index contributed by atoms with van der Waals surface area (Å²) in [6.07, 6.45) is 5.41. The molecule has 31 heavy (non-hydrogen) atoms. The van der Waals surface area contributed by atoms with Gasteiger partial charge < -0.3 is 15.6 Å². The third-order valence-corrected chi connectivity index (χ3v) is 5.89. The molecule has 1 aliphatic rings. The number of aliphatic hydroxyl groups is 1. The second kappa shape index (κ2) is 12.4. The third kappa shape index (κ3) is 7.65. The predicted molar refractivity (Wildman–Crippen MR) is 123 cm³/mol. The van der Waals surface area contributed by atoms with E-state index in [1.807, 2.05) is 60.7 Å². The van der Waals surface area contributed by atoms with Crippen molar-refractivity contribution in [1.82, 2.24) is 5.43 Å². The van der Waals surface area contributed by atoms with E-state index in [1.165, 1.54) is 19.3 Å². The van der Waals surface area contributed by atoms with E-state index in [4.69, 9.17) is 10.5 Å². The number of nitrogens with one attached hydrogen (secondary N) is 1. The molecule has 2 atom stereocenters. The number of ether oxygens (including phenoxy) is 1. The van der Waals surface area contributed by atoms with Gasteiger partial charge in [-0.15, -0.1) is 0 Å². The van der Waals surface area contributed by atoms with E-state index in [1.54, 1.807) is 5.01 Å². The summed E-state index contributed by atoms with van der Waals surface area (Å²) < 4.78 is 5.78. The number of hydrogen-bond donors (Lipinski definition) is 3. The molecule has 1 aliphatic carbocycles. The van der Waals surface area contributed by atoms with Gasteiger partial charge in [0, 0.05) is 6.04 Å². The minimum absolute atomic E-state index is 0.425. The molecule has 0 spiro atoms. The van der Waals surface area contributed by atoms with Crippen molar-refractivity contribution < 1.29 is 14.6 Å². The van der Waals surface area contributed by atoms with Crippen molar-refractivity contribution in [2.24, 2.45) is 11.7 Å². The molecule has 1 amide bonds. The second-order valence-electron chi connectivity index (χ2n) is 8.35. The van der Waals surface area contributed by atoms with Crippen molar-refractivity contribution >= 4 is 11.6 Å². The molecule has 0 aliphatic heterocycles. The summed E-state index contributed by atoms with van der Waals surface area (Å²) in [6, 6.07) is 19.0. The van der Waals surface area contributed by atoms with Crippen LogP contribution < -0.4 is 16.2 Å². The number of amides is 1. The number of nitrogens with two attached hydrogens (primary N) is 1. The van der Waals surface area contributed by atoms with Crippen LogP contribution in [-0.2, 0) is 16.1 Å². The van der Waals surface area contributed by atoms with Crippen LogP contribution in [0.3, 0.4) is 0 Å². The van der Waals surface area contributed by atoms with Crippen LogP contribution in [0.5, 0.6) is 0 Å². The molecule has 168 valence electrons. The monoisotopic (exact) mass is 425 g/mol. The van der Waals surface area contributed by atoms with Crippen LogP contribution >= 0.6 is 0 Å². The Labute approximate surface area is 185 Å². The Morgan fingerprint density at radius 1 is 1.06 bits per heavy atom. The Kier molecular flexibility index (Phi) is 9.34. The normalized spacial score (nSPS) is 16.5. The van der Waals surface area contributed by atoms with Crippen molar-refractivity contribution in [3.8, 4) is 0 Å². The molecule has 2 aromatic carbocycles. The lowest BCUT2D eigenvalue weighted by atomic mass is 9.84. The minimum Gasteiger partial charge on any atom is -0.382 e. The molecule has 3 rings (SSSR count). The van der Waals surface area contributed by atoms with Gasteiger partial charge in [-0.3, -0.25) is 15.2 Å². The third-order valence-electron chi connectivity index (χ3n) is 5.89. The molecule has 2 aromatic rings. The smallest absolute Gasteiger partial charge is 0.268 e. The van der Waals surface area contributed by atoms with Crippen molar-refractivity contribution in [1.29, 1.82) is 0 Å². The van der Waals surface area contributed by atoms with Gasteiger partial charge in [0.1, 0.15) is 6.10 Å². The average molecular weight is 426 g/mol. The number of benzene rings is 2. The van der Waals surface area contributed by atoms with E-state index < -0.39 is 18.1 Å². The van der Waals surface area contributed by atoms with Crippen molar-refractivity contribution in [2.45, 2.75) is 57.3 Å². The minimum atomic E-state index is -1.24. The first-order chi connectivity index (χ1) is 15.1. The number of anilines is 1. The van der Waals surface area contributed by atoms with Gasteiger partial charge in [0.15, 0.2) is 0 Å².